The minimum absolute atomic E-state index is 0.356. The van der Waals surface area contributed by atoms with Crippen LogP contribution < -0.4 is 9.05 Å². The molecule has 2 aromatic rings. The van der Waals surface area contributed by atoms with Gasteiger partial charge in [0.2, 0.25) is 0 Å². The van der Waals surface area contributed by atoms with Crippen molar-refractivity contribution >= 4 is 15.9 Å². The number of allylic oxidation sites excluding steroid dienone is 1. The maximum absolute atomic E-state index is 13.5. The lowest BCUT2D eigenvalue weighted by Gasteiger charge is -2.23. The first-order valence-corrected chi connectivity index (χ1v) is 14.2. The van der Waals surface area contributed by atoms with Crippen LogP contribution in [0.2, 0.25) is 19.6 Å². The molecular weight excluding hydrogens is 375 g/mol. The zero-order chi connectivity index (χ0) is 19.9. The third-order valence-electron chi connectivity index (χ3n) is 3.35. The van der Waals surface area contributed by atoms with Crippen LogP contribution in [0.1, 0.15) is 20.3 Å². The first kappa shape index (κ1) is 21.3. The van der Waals surface area contributed by atoms with Crippen molar-refractivity contribution in [2.75, 3.05) is 0 Å². The van der Waals surface area contributed by atoms with E-state index in [1.807, 2.05) is 36.4 Å². The zero-order valence-electron chi connectivity index (χ0n) is 16.7. The van der Waals surface area contributed by atoms with Crippen molar-refractivity contribution in [2.45, 2.75) is 39.9 Å². The Hall–Kier alpha value is -1.97. The second-order valence-corrected chi connectivity index (χ2v) is 14.4. The molecule has 0 aliphatic heterocycles. The highest BCUT2D eigenvalue weighted by atomic mass is 31.2. The molecule has 0 fully saturated rings. The van der Waals surface area contributed by atoms with Crippen molar-refractivity contribution in [3.63, 3.8) is 0 Å². The molecule has 0 saturated carbocycles. The Bertz CT molecular complexity index is 737. The minimum atomic E-state index is -3.91. The molecule has 0 atom stereocenters. The fraction of sp³-hybridized carbons (Fsp3) is 0.333. The normalized spacial score (nSPS) is 12.7. The van der Waals surface area contributed by atoms with Gasteiger partial charge in [-0.05, 0) is 30.2 Å². The highest BCUT2D eigenvalue weighted by Crippen LogP contribution is 2.52. The number of phosphoric ester groups is 1. The lowest BCUT2D eigenvalue weighted by molar-refractivity contribution is 0.246. The molecule has 0 amide bonds. The van der Waals surface area contributed by atoms with Crippen LogP contribution in [-0.2, 0) is 9.09 Å². The summed E-state index contributed by atoms with van der Waals surface area (Å²) in [7, 11) is -5.50. The Morgan fingerprint density at radius 2 is 1.37 bits per heavy atom. The second-order valence-electron chi connectivity index (χ2n) is 7.92. The first-order chi connectivity index (χ1) is 12.7. The van der Waals surface area contributed by atoms with Gasteiger partial charge in [0, 0.05) is 6.42 Å². The second kappa shape index (κ2) is 9.29. The van der Waals surface area contributed by atoms with E-state index >= 15 is 0 Å². The van der Waals surface area contributed by atoms with Crippen molar-refractivity contribution < 1.29 is 18.1 Å². The Morgan fingerprint density at radius 3 is 1.74 bits per heavy atom. The topological polar surface area (TPSA) is 44.8 Å². The van der Waals surface area contributed by atoms with Crippen LogP contribution in [0.5, 0.6) is 11.5 Å². The summed E-state index contributed by atoms with van der Waals surface area (Å²) in [6, 6.07) is 17.9. The van der Waals surface area contributed by atoms with Gasteiger partial charge in [0.05, 0.1) is 8.07 Å². The van der Waals surface area contributed by atoms with Gasteiger partial charge in [-0.3, -0.25) is 0 Å². The van der Waals surface area contributed by atoms with E-state index in [0.717, 1.165) is 0 Å². The van der Waals surface area contributed by atoms with Gasteiger partial charge >= 0.3 is 7.82 Å². The van der Waals surface area contributed by atoms with Gasteiger partial charge in [0.15, 0.2) is 0 Å². The van der Waals surface area contributed by atoms with E-state index in [2.05, 4.69) is 39.2 Å². The van der Waals surface area contributed by atoms with Gasteiger partial charge in [-0.1, -0.05) is 75.6 Å². The van der Waals surface area contributed by atoms with Crippen molar-refractivity contribution in [2.24, 2.45) is 5.92 Å². The molecular formula is C21H29O4PSi. The van der Waals surface area contributed by atoms with Crippen molar-refractivity contribution in [3.8, 4) is 11.5 Å². The largest absolute Gasteiger partial charge is 0.646 e. The first-order valence-electron chi connectivity index (χ1n) is 9.16. The van der Waals surface area contributed by atoms with Gasteiger partial charge in [0.25, 0.3) is 0 Å². The molecule has 2 rings (SSSR count). The van der Waals surface area contributed by atoms with E-state index in [1.54, 1.807) is 24.3 Å². The summed E-state index contributed by atoms with van der Waals surface area (Å²) >= 11 is 0. The average molecular weight is 405 g/mol. The molecule has 146 valence electrons. The number of para-hydroxylation sites is 2. The van der Waals surface area contributed by atoms with E-state index in [-0.39, 0.29) is 0 Å². The molecule has 0 unspecified atom stereocenters. The molecule has 2 aromatic carbocycles. The van der Waals surface area contributed by atoms with Crippen molar-refractivity contribution in [1.82, 2.24) is 0 Å². The molecule has 0 N–H and O–H groups in total. The third kappa shape index (κ3) is 8.06. The highest BCUT2D eigenvalue weighted by Gasteiger charge is 2.34. The van der Waals surface area contributed by atoms with Gasteiger partial charge < -0.3 is 13.6 Å². The Labute approximate surface area is 163 Å². The van der Waals surface area contributed by atoms with Crippen LogP contribution in [0.15, 0.2) is 72.1 Å². The molecule has 0 bridgehead atoms. The average Bonchev–Trinajstić information content (AvgIpc) is 2.54. The highest BCUT2D eigenvalue weighted by molar-refractivity contribution is 7.49. The number of benzene rings is 2. The van der Waals surface area contributed by atoms with E-state index < -0.39 is 15.9 Å². The van der Waals surface area contributed by atoms with Gasteiger partial charge in [-0.15, -0.1) is 0 Å². The fourth-order valence-corrected chi connectivity index (χ4v) is 4.96. The number of rotatable bonds is 9. The zero-order valence-corrected chi connectivity index (χ0v) is 18.6. The van der Waals surface area contributed by atoms with E-state index in [1.165, 1.54) is 0 Å². The molecule has 0 spiro atoms. The van der Waals surface area contributed by atoms with Gasteiger partial charge in [-0.25, -0.2) is 0 Å². The molecule has 4 nitrogen and oxygen atoms in total. The van der Waals surface area contributed by atoms with E-state index in [4.69, 9.17) is 13.6 Å². The number of hydrogen-bond donors (Lipinski definition) is 0. The molecule has 6 heteroatoms. The summed E-state index contributed by atoms with van der Waals surface area (Å²) < 4.78 is 30.9. The summed E-state index contributed by atoms with van der Waals surface area (Å²) in [6.07, 6.45) is 0.671. The summed E-state index contributed by atoms with van der Waals surface area (Å²) in [4.78, 5) is 0. The smallest absolute Gasteiger partial charge is 0.391 e. The van der Waals surface area contributed by atoms with Crippen molar-refractivity contribution in [1.29, 1.82) is 0 Å². The van der Waals surface area contributed by atoms with Crippen LogP contribution >= 0.6 is 7.82 Å². The molecule has 0 aliphatic carbocycles. The fourth-order valence-electron chi connectivity index (χ4n) is 2.43. The Morgan fingerprint density at radius 1 is 0.926 bits per heavy atom. The van der Waals surface area contributed by atoms with E-state index in [0.29, 0.717) is 29.6 Å². The maximum Gasteiger partial charge on any atom is 0.646 e. The predicted octanol–water partition coefficient (Wildman–Crippen LogP) is 7.08. The maximum atomic E-state index is 13.5. The number of phosphoric acid groups is 1. The SMILES string of the molecule is CC(C)C/C(=C/[Si](C)(C)C)OP(=O)(Oc1ccccc1)Oc1ccccc1. The van der Waals surface area contributed by atoms with Gasteiger partial charge in [-0.2, -0.15) is 4.57 Å². The van der Waals surface area contributed by atoms with Crippen LogP contribution in [0.25, 0.3) is 0 Å². The van der Waals surface area contributed by atoms with Crippen LogP contribution in [0.4, 0.5) is 0 Å². The van der Waals surface area contributed by atoms with Crippen LogP contribution in [-0.4, -0.2) is 8.07 Å². The molecule has 0 saturated heterocycles. The molecule has 0 aromatic heterocycles. The van der Waals surface area contributed by atoms with Crippen LogP contribution in [0.3, 0.4) is 0 Å². The minimum Gasteiger partial charge on any atom is -0.391 e. The molecule has 0 heterocycles. The third-order valence-corrected chi connectivity index (χ3v) is 5.87. The summed E-state index contributed by atoms with van der Waals surface area (Å²) in [5, 5.41) is 0. The lowest BCUT2D eigenvalue weighted by Crippen LogP contribution is -2.18. The van der Waals surface area contributed by atoms with Crippen LogP contribution in [0, 0.1) is 5.92 Å². The molecule has 0 radical (unpaired) electrons. The predicted molar refractivity (Wildman–Crippen MR) is 114 cm³/mol. The quantitative estimate of drug-likeness (QED) is 0.254. The Balaban J connectivity index is 2.34. The van der Waals surface area contributed by atoms with E-state index in [9.17, 15) is 4.57 Å². The summed E-state index contributed by atoms with van der Waals surface area (Å²) in [6.45, 7) is 10.8. The van der Waals surface area contributed by atoms with Crippen molar-refractivity contribution in [3.05, 3.63) is 72.1 Å². The lowest BCUT2D eigenvalue weighted by atomic mass is 10.1. The summed E-state index contributed by atoms with van der Waals surface area (Å²) in [5.74, 6) is 1.90. The van der Waals surface area contributed by atoms with Gasteiger partial charge in [0.1, 0.15) is 17.3 Å². The Kier molecular flexibility index (Phi) is 7.34. The molecule has 0 aliphatic rings. The number of hydrogen-bond acceptors (Lipinski definition) is 4. The molecule has 27 heavy (non-hydrogen) atoms. The standard InChI is InChI=1S/C21H29O4PSi/c1-18(2)16-21(17-27(3,4)5)25-26(22,23-19-12-8-6-9-13-19)24-20-14-10-7-11-15-20/h6-15,17-18H,16H2,1-5H3/b21-17-. The monoisotopic (exact) mass is 404 g/mol. The summed E-state index contributed by atoms with van der Waals surface area (Å²) in [5.41, 5.74) is 2.11.